The van der Waals surface area contributed by atoms with E-state index in [0.29, 0.717) is 11.8 Å². The van der Waals surface area contributed by atoms with Crippen LogP contribution in [0.2, 0.25) is 0 Å². The predicted molar refractivity (Wildman–Crippen MR) is 64.0 cm³/mol. The lowest BCUT2D eigenvalue weighted by Gasteiger charge is -2.10. The molecule has 0 aromatic heterocycles. The Morgan fingerprint density at radius 1 is 1.25 bits per heavy atom. The molecule has 3 nitrogen and oxygen atoms in total. The van der Waals surface area contributed by atoms with Crippen LogP contribution >= 0.6 is 0 Å². The van der Waals surface area contributed by atoms with Crippen molar-refractivity contribution in [3.05, 3.63) is 23.8 Å². The molecule has 0 saturated heterocycles. The SMILES string of the molecule is COc1ccc([C@H]2C[C@@H]2[C@@H](C)N)cc1OC. The average Bonchev–Trinajstić information content (AvgIpc) is 3.08. The van der Waals surface area contributed by atoms with Crippen molar-refractivity contribution in [2.45, 2.75) is 25.3 Å². The highest BCUT2D eigenvalue weighted by atomic mass is 16.5. The minimum absolute atomic E-state index is 0.276. The lowest BCUT2D eigenvalue weighted by Crippen LogP contribution is -2.17. The molecule has 0 aliphatic heterocycles. The van der Waals surface area contributed by atoms with Gasteiger partial charge in [0.25, 0.3) is 0 Å². The Kier molecular flexibility index (Phi) is 3.06. The molecule has 1 fully saturated rings. The summed E-state index contributed by atoms with van der Waals surface area (Å²) in [5.74, 6) is 2.80. The Morgan fingerprint density at radius 3 is 2.44 bits per heavy atom. The quantitative estimate of drug-likeness (QED) is 0.847. The third-order valence-electron chi connectivity index (χ3n) is 3.35. The van der Waals surface area contributed by atoms with Crippen LogP contribution < -0.4 is 15.2 Å². The monoisotopic (exact) mass is 221 g/mol. The van der Waals surface area contributed by atoms with Crippen LogP contribution in [0, 0.1) is 5.92 Å². The Labute approximate surface area is 96.5 Å². The molecule has 1 aliphatic rings. The van der Waals surface area contributed by atoms with Crippen LogP contribution in [0.4, 0.5) is 0 Å². The topological polar surface area (TPSA) is 44.5 Å². The molecule has 3 atom stereocenters. The second-order valence-corrected chi connectivity index (χ2v) is 4.48. The summed E-state index contributed by atoms with van der Waals surface area (Å²) in [5.41, 5.74) is 7.20. The van der Waals surface area contributed by atoms with Crippen molar-refractivity contribution in [1.82, 2.24) is 0 Å². The molecule has 0 radical (unpaired) electrons. The minimum atomic E-state index is 0.276. The molecular weight excluding hydrogens is 202 g/mol. The Balaban J connectivity index is 2.18. The van der Waals surface area contributed by atoms with Crippen LogP contribution in [0.5, 0.6) is 11.5 Å². The van der Waals surface area contributed by atoms with Gasteiger partial charge in [0, 0.05) is 6.04 Å². The average molecular weight is 221 g/mol. The number of hydrogen-bond acceptors (Lipinski definition) is 3. The molecule has 0 bridgehead atoms. The smallest absolute Gasteiger partial charge is 0.160 e. The number of hydrogen-bond donors (Lipinski definition) is 1. The zero-order chi connectivity index (χ0) is 11.7. The fourth-order valence-electron chi connectivity index (χ4n) is 2.26. The Morgan fingerprint density at radius 2 is 1.94 bits per heavy atom. The maximum Gasteiger partial charge on any atom is 0.160 e. The number of nitrogens with two attached hydrogens (primary N) is 1. The maximum absolute atomic E-state index is 5.90. The molecule has 0 heterocycles. The fourth-order valence-corrected chi connectivity index (χ4v) is 2.26. The third-order valence-corrected chi connectivity index (χ3v) is 3.35. The summed E-state index contributed by atoms with van der Waals surface area (Å²) in [6.07, 6.45) is 1.19. The highest BCUT2D eigenvalue weighted by Gasteiger charge is 2.40. The van der Waals surface area contributed by atoms with E-state index in [2.05, 4.69) is 19.1 Å². The molecule has 1 aromatic rings. The Hall–Kier alpha value is -1.22. The van der Waals surface area contributed by atoms with Crippen molar-refractivity contribution in [1.29, 1.82) is 0 Å². The van der Waals surface area contributed by atoms with E-state index in [1.54, 1.807) is 14.2 Å². The summed E-state index contributed by atoms with van der Waals surface area (Å²) >= 11 is 0. The molecule has 1 saturated carbocycles. The summed E-state index contributed by atoms with van der Waals surface area (Å²) in [4.78, 5) is 0. The van der Waals surface area contributed by atoms with Crippen molar-refractivity contribution < 1.29 is 9.47 Å². The van der Waals surface area contributed by atoms with Gasteiger partial charge in [-0.25, -0.2) is 0 Å². The van der Waals surface area contributed by atoms with Crippen LogP contribution in [0.1, 0.15) is 24.8 Å². The number of ether oxygens (including phenoxy) is 2. The second kappa shape index (κ2) is 4.34. The first-order valence-electron chi connectivity index (χ1n) is 5.65. The zero-order valence-corrected chi connectivity index (χ0v) is 10.1. The highest BCUT2D eigenvalue weighted by molar-refractivity contribution is 5.45. The second-order valence-electron chi connectivity index (χ2n) is 4.48. The first-order valence-corrected chi connectivity index (χ1v) is 5.65. The summed E-state index contributed by atoms with van der Waals surface area (Å²) in [6, 6.07) is 6.41. The standard InChI is InChI=1S/C13H19NO2/c1-8(14)10-7-11(10)9-4-5-12(15-2)13(6-9)16-3/h4-6,8,10-11H,7,14H2,1-3H3/t8-,10-,11-/m1/s1. The van der Waals surface area contributed by atoms with Gasteiger partial charge < -0.3 is 15.2 Å². The van der Waals surface area contributed by atoms with E-state index < -0.39 is 0 Å². The maximum atomic E-state index is 5.90. The normalized spacial score (nSPS) is 25.0. The molecule has 3 heteroatoms. The summed E-state index contributed by atoms with van der Waals surface area (Å²) in [5, 5.41) is 0. The first kappa shape index (κ1) is 11.3. The van der Waals surface area contributed by atoms with Gasteiger partial charge in [0.1, 0.15) is 0 Å². The van der Waals surface area contributed by atoms with Crippen molar-refractivity contribution in [3.8, 4) is 11.5 Å². The molecule has 88 valence electrons. The number of methoxy groups -OCH3 is 2. The van der Waals surface area contributed by atoms with E-state index in [-0.39, 0.29) is 6.04 Å². The lowest BCUT2D eigenvalue weighted by atomic mass is 10.1. The van der Waals surface area contributed by atoms with Gasteiger partial charge >= 0.3 is 0 Å². The molecule has 1 aliphatic carbocycles. The van der Waals surface area contributed by atoms with Gasteiger partial charge in [-0.2, -0.15) is 0 Å². The van der Waals surface area contributed by atoms with Crippen LogP contribution in [0.25, 0.3) is 0 Å². The lowest BCUT2D eigenvalue weighted by molar-refractivity contribution is 0.354. The van der Waals surface area contributed by atoms with Gasteiger partial charge in [0.05, 0.1) is 14.2 Å². The van der Waals surface area contributed by atoms with Gasteiger partial charge in [0.2, 0.25) is 0 Å². The first-order chi connectivity index (χ1) is 7.67. The van der Waals surface area contributed by atoms with Crippen molar-refractivity contribution in [2.75, 3.05) is 14.2 Å². The Bertz CT molecular complexity index is 376. The van der Waals surface area contributed by atoms with Gasteiger partial charge in [0.15, 0.2) is 11.5 Å². The number of benzene rings is 1. The fraction of sp³-hybridized carbons (Fsp3) is 0.538. The van der Waals surface area contributed by atoms with Crippen molar-refractivity contribution in [3.63, 3.8) is 0 Å². The summed E-state index contributed by atoms with van der Waals surface area (Å²) in [7, 11) is 3.32. The van der Waals surface area contributed by atoms with Crippen molar-refractivity contribution >= 4 is 0 Å². The van der Waals surface area contributed by atoms with E-state index >= 15 is 0 Å². The van der Waals surface area contributed by atoms with Crippen LogP contribution in [0.3, 0.4) is 0 Å². The minimum Gasteiger partial charge on any atom is -0.493 e. The van der Waals surface area contributed by atoms with Crippen molar-refractivity contribution in [2.24, 2.45) is 11.7 Å². The molecular formula is C13H19NO2. The molecule has 0 unspecified atom stereocenters. The van der Waals surface area contributed by atoms with E-state index in [1.807, 2.05) is 6.07 Å². The van der Waals surface area contributed by atoms with Gasteiger partial charge in [-0.15, -0.1) is 0 Å². The van der Waals surface area contributed by atoms with Crippen LogP contribution in [-0.2, 0) is 0 Å². The van der Waals surface area contributed by atoms with E-state index in [9.17, 15) is 0 Å². The van der Waals surface area contributed by atoms with Crippen LogP contribution in [0.15, 0.2) is 18.2 Å². The molecule has 2 N–H and O–H groups in total. The third kappa shape index (κ3) is 2.00. The highest BCUT2D eigenvalue weighted by Crippen LogP contribution is 2.50. The van der Waals surface area contributed by atoms with E-state index in [4.69, 9.17) is 15.2 Å². The molecule has 0 amide bonds. The van der Waals surface area contributed by atoms with Gasteiger partial charge in [-0.1, -0.05) is 6.07 Å². The van der Waals surface area contributed by atoms with E-state index in [0.717, 1.165) is 11.5 Å². The summed E-state index contributed by atoms with van der Waals surface area (Å²) < 4.78 is 10.5. The largest absolute Gasteiger partial charge is 0.493 e. The molecule has 2 rings (SSSR count). The summed E-state index contributed by atoms with van der Waals surface area (Å²) in [6.45, 7) is 2.07. The van der Waals surface area contributed by atoms with Gasteiger partial charge in [-0.3, -0.25) is 0 Å². The van der Waals surface area contributed by atoms with Crippen LogP contribution in [-0.4, -0.2) is 20.3 Å². The van der Waals surface area contributed by atoms with E-state index in [1.165, 1.54) is 12.0 Å². The number of rotatable bonds is 4. The molecule has 0 spiro atoms. The molecule has 16 heavy (non-hydrogen) atoms. The zero-order valence-electron chi connectivity index (χ0n) is 10.1. The molecule has 1 aromatic carbocycles. The van der Waals surface area contributed by atoms with Gasteiger partial charge in [-0.05, 0) is 42.9 Å². The predicted octanol–water partition coefficient (Wildman–Crippen LogP) is 2.15.